The summed E-state index contributed by atoms with van der Waals surface area (Å²) in [6, 6.07) is 1.21. The van der Waals surface area contributed by atoms with Crippen LogP contribution in [0.4, 0.5) is 0 Å². The number of carbonyl (C=O) groups is 1. The topological polar surface area (TPSA) is 57.5 Å². The van der Waals surface area contributed by atoms with Crippen molar-refractivity contribution in [2.24, 2.45) is 0 Å². The third-order valence-electron chi connectivity index (χ3n) is 1.55. The second-order valence-electron chi connectivity index (χ2n) is 2.47. The SMILES string of the molecule is CC(=O)c1cc(Cl)c(O)c(O)c1Cl. The summed E-state index contributed by atoms with van der Waals surface area (Å²) < 4.78 is 0. The van der Waals surface area contributed by atoms with E-state index < -0.39 is 11.5 Å². The predicted molar refractivity (Wildman–Crippen MR) is 49.8 cm³/mol. The van der Waals surface area contributed by atoms with Crippen molar-refractivity contribution in [3.05, 3.63) is 21.7 Å². The molecule has 0 bridgehead atoms. The van der Waals surface area contributed by atoms with E-state index in [9.17, 15) is 9.90 Å². The number of Topliss-reactive ketones (excluding diaryl/α,β-unsaturated/α-hetero) is 1. The molecule has 0 aliphatic carbocycles. The van der Waals surface area contributed by atoms with Gasteiger partial charge in [0, 0.05) is 5.56 Å². The van der Waals surface area contributed by atoms with E-state index >= 15 is 0 Å². The highest BCUT2D eigenvalue weighted by molar-refractivity contribution is 6.38. The van der Waals surface area contributed by atoms with Crippen molar-refractivity contribution in [2.75, 3.05) is 0 Å². The number of rotatable bonds is 1. The van der Waals surface area contributed by atoms with Gasteiger partial charge in [-0.05, 0) is 13.0 Å². The molecule has 0 saturated heterocycles. The van der Waals surface area contributed by atoms with Gasteiger partial charge in [-0.3, -0.25) is 4.79 Å². The third kappa shape index (κ3) is 1.71. The standard InChI is InChI=1S/C8H6Cl2O3/c1-3(11)4-2-5(9)7(12)8(13)6(4)10/h2,12-13H,1H3. The van der Waals surface area contributed by atoms with Crippen LogP contribution in [0.15, 0.2) is 6.07 Å². The maximum atomic E-state index is 10.9. The van der Waals surface area contributed by atoms with Gasteiger partial charge in [-0.2, -0.15) is 0 Å². The van der Waals surface area contributed by atoms with Gasteiger partial charge in [0.25, 0.3) is 0 Å². The van der Waals surface area contributed by atoms with Gasteiger partial charge in [-0.1, -0.05) is 23.2 Å². The molecule has 0 aliphatic heterocycles. The molecule has 0 heterocycles. The first kappa shape index (κ1) is 10.2. The van der Waals surface area contributed by atoms with Crippen LogP contribution in [-0.2, 0) is 0 Å². The first-order valence-corrected chi connectivity index (χ1v) is 4.11. The highest BCUT2D eigenvalue weighted by Gasteiger charge is 2.16. The fraction of sp³-hybridized carbons (Fsp3) is 0.125. The monoisotopic (exact) mass is 220 g/mol. The zero-order valence-electron chi connectivity index (χ0n) is 6.64. The number of hydrogen-bond donors (Lipinski definition) is 2. The molecule has 2 N–H and O–H groups in total. The number of carbonyl (C=O) groups excluding carboxylic acids is 1. The summed E-state index contributed by atoms with van der Waals surface area (Å²) in [4.78, 5) is 10.9. The van der Waals surface area contributed by atoms with Crippen LogP contribution in [0.3, 0.4) is 0 Å². The zero-order chi connectivity index (χ0) is 10.2. The van der Waals surface area contributed by atoms with E-state index in [-0.39, 0.29) is 21.4 Å². The maximum Gasteiger partial charge on any atom is 0.178 e. The second kappa shape index (κ2) is 3.44. The van der Waals surface area contributed by atoms with Gasteiger partial charge in [0.1, 0.15) is 0 Å². The molecule has 0 aliphatic rings. The van der Waals surface area contributed by atoms with Crippen LogP contribution in [0, 0.1) is 0 Å². The Morgan fingerprint density at radius 2 is 1.85 bits per heavy atom. The van der Waals surface area contributed by atoms with E-state index in [1.54, 1.807) is 0 Å². The van der Waals surface area contributed by atoms with E-state index in [1.807, 2.05) is 0 Å². The van der Waals surface area contributed by atoms with Crippen LogP contribution in [0.25, 0.3) is 0 Å². The molecule has 0 fully saturated rings. The average molecular weight is 221 g/mol. The Balaban J connectivity index is 3.50. The van der Waals surface area contributed by atoms with Crippen LogP contribution >= 0.6 is 23.2 Å². The molecule has 0 aromatic heterocycles. The minimum Gasteiger partial charge on any atom is -0.503 e. The molecule has 0 amide bonds. The molecule has 0 spiro atoms. The van der Waals surface area contributed by atoms with Gasteiger partial charge >= 0.3 is 0 Å². The highest BCUT2D eigenvalue weighted by Crippen LogP contribution is 2.41. The molecule has 0 unspecified atom stereocenters. The second-order valence-corrected chi connectivity index (χ2v) is 3.26. The van der Waals surface area contributed by atoms with E-state index in [2.05, 4.69) is 0 Å². The summed E-state index contributed by atoms with van der Waals surface area (Å²) in [5.41, 5.74) is 0.0852. The van der Waals surface area contributed by atoms with Crippen molar-refractivity contribution in [3.8, 4) is 11.5 Å². The summed E-state index contributed by atoms with van der Waals surface area (Å²) >= 11 is 11.1. The number of hydrogen-bond acceptors (Lipinski definition) is 3. The van der Waals surface area contributed by atoms with Crippen molar-refractivity contribution in [2.45, 2.75) is 6.92 Å². The molecule has 0 radical (unpaired) electrons. The first-order chi connectivity index (χ1) is 5.95. The largest absolute Gasteiger partial charge is 0.503 e. The highest BCUT2D eigenvalue weighted by atomic mass is 35.5. The lowest BCUT2D eigenvalue weighted by molar-refractivity contribution is 0.101. The summed E-state index contributed by atoms with van der Waals surface area (Å²) in [7, 11) is 0. The van der Waals surface area contributed by atoms with Crippen molar-refractivity contribution in [1.29, 1.82) is 0 Å². The number of benzene rings is 1. The number of phenols is 2. The normalized spacial score (nSPS) is 10.1. The van der Waals surface area contributed by atoms with Crippen LogP contribution in [0.5, 0.6) is 11.5 Å². The lowest BCUT2D eigenvalue weighted by atomic mass is 10.1. The summed E-state index contributed by atoms with van der Waals surface area (Å²) in [6.07, 6.45) is 0. The molecule has 1 aromatic rings. The Kier molecular flexibility index (Phi) is 2.68. The minimum absolute atomic E-state index is 0.0852. The Bertz CT molecular complexity index is 374. The van der Waals surface area contributed by atoms with Crippen molar-refractivity contribution in [1.82, 2.24) is 0 Å². The van der Waals surface area contributed by atoms with Gasteiger partial charge in [-0.25, -0.2) is 0 Å². The molecular formula is C8H6Cl2O3. The zero-order valence-corrected chi connectivity index (χ0v) is 8.15. The predicted octanol–water partition coefficient (Wildman–Crippen LogP) is 2.61. The van der Waals surface area contributed by atoms with Gasteiger partial charge in [0.05, 0.1) is 10.0 Å². The molecule has 1 aromatic carbocycles. The number of phenolic OH excluding ortho intramolecular Hbond substituents is 2. The Hall–Kier alpha value is -0.930. The lowest BCUT2D eigenvalue weighted by Gasteiger charge is -2.05. The van der Waals surface area contributed by atoms with Crippen LogP contribution < -0.4 is 0 Å². The Morgan fingerprint density at radius 3 is 2.31 bits per heavy atom. The van der Waals surface area contributed by atoms with Crippen LogP contribution in [0.1, 0.15) is 17.3 Å². The Labute approximate surface area is 84.5 Å². The van der Waals surface area contributed by atoms with Gasteiger partial charge in [0.15, 0.2) is 17.3 Å². The number of halogens is 2. The van der Waals surface area contributed by atoms with E-state index in [1.165, 1.54) is 13.0 Å². The van der Waals surface area contributed by atoms with E-state index in [0.29, 0.717) is 0 Å². The number of aromatic hydroxyl groups is 2. The smallest absolute Gasteiger partial charge is 0.178 e. The molecule has 70 valence electrons. The summed E-state index contributed by atoms with van der Waals surface area (Å²) in [6.45, 7) is 1.29. The van der Waals surface area contributed by atoms with E-state index in [0.717, 1.165) is 0 Å². The van der Waals surface area contributed by atoms with Crippen molar-refractivity contribution < 1.29 is 15.0 Å². The maximum absolute atomic E-state index is 10.9. The third-order valence-corrected chi connectivity index (χ3v) is 2.22. The molecule has 13 heavy (non-hydrogen) atoms. The van der Waals surface area contributed by atoms with Crippen molar-refractivity contribution >= 4 is 29.0 Å². The van der Waals surface area contributed by atoms with Gasteiger partial charge in [0.2, 0.25) is 0 Å². The molecule has 0 saturated carbocycles. The minimum atomic E-state index is -0.570. The van der Waals surface area contributed by atoms with Crippen LogP contribution in [-0.4, -0.2) is 16.0 Å². The molecular weight excluding hydrogens is 215 g/mol. The Morgan fingerprint density at radius 1 is 1.31 bits per heavy atom. The van der Waals surface area contributed by atoms with Crippen molar-refractivity contribution in [3.63, 3.8) is 0 Å². The fourth-order valence-electron chi connectivity index (χ4n) is 0.859. The summed E-state index contributed by atoms with van der Waals surface area (Å²) in [5.74, 6) is -1.42. The van der Waals surface area contributed by atoms with Gasteiger partial charge < -0.3 is 10.2 Å². The van der Waals surface area contributed by atoms with Gasteiger partial charge in [-0.15, -0.1) is 0 Å². The molecule has 1 rings (SSSR count). The molecule has 5 heteroatoms. The average Bonchev–Trinajstić information content (AvgIpc) is 2.07. The molecule has 3 nitrogen and oxygen atoms in total. The lowest BCUT2D eigenvalue weighted by Crippen LogP contribution is -1.93. The molecule has 0 atom stereocenters. The van der Waals surface area contributed by atoms with Crippen LogP contribution in [0.2, 0.25) is 10.0 Å². The summed E-state index contributed by atoms with van der Waals surface area (Å²) in [5, 5.41) is 18.0. The number of ketones is 1. The first-order valence-electron chi connectivity index (χ1n) is 3.36. The van der Waals surface area contributed by atoms with E-state index in [4.69, 9.17) is 28.3 Å². The fourth-order valence-corrected chi connectivity index (χ4v) is 1.33. The quantitative estimate of drug-likeness (QED) is 0.566.